The Balaban J connectivity index is 1.36. The molecule has 4 aromatic rings. The van der Waals surface area contributed by atoms with Gasteiger partial charge in [-0.15, -0.1) is 11.3 Å². The van der Waals surface area contributed by atoms with Crippen molar-refractivity contribution in [3.05, 3.63) is 106 Å². The van der Waals surface area contributed by atoms with Crippen molar-refractivity contribution < 1.29 is 9.59 Å². The Morgan fingerprint density at radius 3 is 2.30 bits per heavy atom. The van der Waals surface area contributed by atoms with Crippen molar-refractivity contribution in [3.63, 3.8) is 0 Å². The average Bonchev–Trinajstić information content (AvgIpc) is 3.57. The average molecular weight is 455 g/mol. The van der Waals surface area contributed by atoms with E-state index in [0.717, 1.165) is 34.1 Å². The SMILES string of the molecule is O=C(CN(C(=O)c1ccc2ccccc2c1)C1CC1)N(Cc1ccccc1)Cc1cccs1. The number of carbonyl (C=O) groups excluding carboxylic acids is 2. The van der Waals surface area contributed by atoms with Gasteiger partial charge in [-0.05, 0) is 52.8 Å². The number of nitrogens with zero attached hydrogens (tertiary/aromatic N) is 2. The molecule has 33 heavy (non-hydrogen) atoms. The van der Waals surface area contributed by atoms with Crippen molar-refractivity contribution in [1.29, 1.82) is 0 Å². The third-order valence-electron chi connectivity index (χ3n) is 6.05. The molecule has 0 saturated heterocycles. The molecule has 0 aliphatic heterocycles. The fourth-order valence-electron chi connectivity index (χ4n) is 4.11. The van der Waals surface area contributed by atoms with Crippen LogP contribution in [0.25, 0.3) is 10.8 Å². The van der Waals surface area contributed by atoms with Gasteiger partial charge in [0.15, 0.2) is 0 Å². The summed E-state index contributed by atoms with van der Waals surface area (Å²) in [4.78, 5) is 31.7. The predicted octanol–water partition coefficient (Wildman–Crippen LogP) is 5.73. The van der Waals surface area contributed by atoms with Crippen LogP contribution < -0.4 is 0 Å². The largest absolute Gasteiger partial charge is 0.332 e. The van der Waals surface area contributed by atoms with Gasteiger partial charge in [0.05, 0.1) is 6.54 Å². The second-order valence-corrected chi connectivity index (χ2v) is 9.57. The standard InChI is InChI=1S/C28H26N2O2S/c31-27(29(19-26-11-6-16-33-26)18-21-7-2-1-3-8-21)20-30(25-14-15-25)28(32)24-13-12-22-9-4-5-10-23(22)17-24/h1-13,16-17,25H,14-15,18-20H2. The lowest BCUT2D eigenvalue weighted by Crippen LogP contribution is -2.43. The Bertz CT molecular complexity index is 1250. The Morgan fingerprint density at radius 2 is 1.58 bits per heavy atom. The molecule has 0 spiro atoms. The van der Waals surface area contributed by atoms with Gasteiger partial charge in [-0.2, -0.15) is 0 Å². The van der Waals surface area contributed by atoms with E-state index in [0.29, 0.717) is 18.7 Å². The Hall–Kier alpha value is -3.44. The highest BCUT2D eigenvalue weighted by Crippen LogP contribution is 2.29. The van der Waals surface area contributed by atoms with Gasteiger partial charge in [0, 0.05) is 23.0 Å². The highest BCUT2D eigenvalue weighted by atomic mass is 32.1. The summed E-state index contributed by atoms with van der Waals surface area (Å²) in [7, 11) is 0. The van der Waals surface area contributed by atoms with Crippen molar-refractivity contribution in [3.8, 4) is 0 Å². The fraction of sp³-hybridized carbons (Fsp3) is 0.214. The number of amides is 2. The summed E-state index contributed by atoms with van der Waals surface area (Å²) in [6.45, 7) is 1.18. The van der Waals surface area contributed by atoms with E-state index in [9.17, 15) is 9.59 Å². The molecule has 0 unspecified atom stereocenters. The zero-order chi connectivity index (χ0) is 22.6. The van der Waals surface area contributed by atoms with Crippen LogP contribution in [0.2, 0.25) is 0 Å². The number of hydrogen-bond acceptors (Lipinski definition) is 3. The van der Waals surface area contributed by atoms with Crippen molar-refractivity contribution in [2.24, 2.45) is 0 Å². The van der Waals surface area contributed by atoms with Crippen LogP contribution in [0.15, 0.2) is 90.3 Å². The molecule has 0 N–H and O–H groups in total. The summed E-state index contributed by atoms with van der Waals surface area (Å²) < 4.78 is 0. The summed E-state index contributed by atoms with van der Waals surface area (Å²) >= 11 is 1.65. The van der Waals surface area contributed by atoms with Crippen molar-refractivity contribution in [2.75, 3.05) is 6.54 Å². The second kappa shape index (κ2) is 9.59. The van der Waals surface area contributed by atoms with Crippen LogP contribution in [0, 0.1) is 0 Å². The molecule has 2 amide bonds. The molecule has 0 atom stereocenters. The lowest BCUT2D eigenvalue weighted by molar-refractivity contribution is -0.133. The lowest BCUT2D eigenvalue weighted by Gasteiger charge is -2.28. The quantitative estimate of drug-likeness (QED) is 0.341. The topological polar surface area (TPSA) is 40.6 Å². The summed E-state index contributed by atoms with van der Waals surface area (Å²) in [5.41, 5.74) is 1.72. The fourth-order valence-corrected chi connectivity index (χ4v) is 4.83. The van der Waals surface area contributed by atoms with Crippen LogP contribution >= 0.6 is 11.3 Å². The van der Waals surface area contributed by atoms with Crippen LogP contribution in [0.5, 0.6) is 0 Å². The van der Waals surface area contributed by atoms with E-state index in [1.807, 2.05) is 89.1 Å². The van der Waals surface area contributed by atoms with E-state index in [1.165, 1.54) is 0 Å². The van der Waals surface area contributed by atoms with Crippen LogP contribution in [0.1, 0.15) is 33.6 Å². The summed E-state index contributed by atoms with van der Waals surface area (Å²) in [6.07, 6.45) is 1.91. The number of rotatable bonds is 8. The highest BCUT2D eigenvalue weighted by molar-refractivity contribution is 7.09. The molecule has 3 aromatic carbocycles. The molecule has 1 aromatic heterocycles. The Kier molecular flexibility index (Phi) is 6.22. The normalized spacial score (nSPS) is 13.1. The van der Waals surface area contributed by atoms with Gasteiger partial charge in [0.1, 0.15) is 6.54 Å². The zero-order valence-electron chi connectivity index (χ0n) is 18.4. The molecule has 0 radical (unpaired) electrons. The third kappa shape index (κ3) is 5.15. The first-order chi connectivity index (χ1) is 16.2. The van der Waals surface area contributed by atoms with Gasteiger partial charge in [-0.1, -0.05) is 66.7 Å². The molecule has 166 valence electrons. The molecule has 1 fully saturated rings. The molecule has 4 nitrogen and oxygen atoms in total. The number of hydrogen-bond donors (Lipinski definition) is 0. The van der Waals surface area contributed by atoms with Crippen LogP contribution in [0.4, 0.5) is 0 Å². The minimum Gasteiger partial charge on any atom is -0.332 e. The molecule has 1 heterocycles. The van der Waals surface area contributed by atoms with Crippen LogP contribution in [0.3, 0.4) is 0 Å². The van der Waals surface area contributed by atoms with E-state index in [2.05, 4.69) is 6.07 Å². The molecular weight excluding hydrogens is 428 g/mol. The molecule has 1 saturated carbocycles. The first-order valence-electron chi connectivity index (χ1n) is 11.3. The third-order valence-corrected chi connectivity index (χ3v) is 6.91. The number of benzene rings is 3. The number of thiophene rings is 1. The van der Waals surface area contributed by atoms with Gasteiger partial charge >= 0.3 is 0 Å². The Labute approximate surface area is 198 Å². The summed E-state index contributed by atoms with van der Waals surface area (Å²) in [5.74, 6) is -0.0827. The van der Waals surface area contributed by atoms with Gasteiger partial charge in [-0.3, -0.25) is 9.59 Å². The maximum absolute atomic E-state index is 13.5. The monoisotopic (exact) mass is 454 g/mol. The highest BCUT2D eigenvalue weighted by Gasteiger charge is 2.35. The van der Waals surface area contributed by atoms with Gasteiger partial charge in [0.2, 0.25) is 5.91 Å². The second-order valence-electron chi connectivity index (χ2n) is 8.54. The molecule has 0 bridgehead atoms. The Morgan fingerprint density at radius 1 is 0.818 bits per heavy atom. The van der Waals surface area contributed by atoms with E-state index >= 15 is 0 Å². The maximum Gasteiger partial charge on any atom is 0.254 e. The predicted molar refractivity (Wildman–Crippen MR) is 133 cm³/mol. The smallest absolute Gasteiger partial charge is 0.254 e. The number of carbonyl (C=O) groups is 2. The zero-order valence-corrected chi connectivity index (χ0v) is 19.2. The first kappa shape index (κ1) is 21.4. The minimum atomic E-state index is -0.0626. The van der Waals surface area contributed by atoms with E-state index in [-0.39, 0.29) is 24.4 Å². The summed E-state index contributed by atoms with van der Waals surface area (Å²) in [6, 6.07) is 28.0. The lowest BCUT2D eigenvalue weighted by atomic mass is 10.1. The number of fused-ring (bicyclic) bond motifs is 1. The van der Waals surface area contributed by atoms with Gasteiger partial charge < -0.3 is 9.80 Å². The van der Waals surface area contributed by atoms with E-state index < -0.39 is 0 Å². The molecular formula is C28H26N2O2S. The first-order valence-corrected chi connectivity index (χ1v) is 12.2. The van der Waals surface area contributed by atoms with E-state index in [4.69, 9.17) is 0 Å². The van der Waals surface area contributed by atoms with Crippen LogP contribution in [-0.4, -0.2) is 34.2 Å². The van der Waals surface area contributed by atoms with Crippen molar-refractivity contribution in [2.45, 2.75) is 32.0 Å². The van der Waals surface area contributed by atoms with Gasteiger partial charge in [-0.25, -0.2) is 0 Å². The van der Waals surface area contributed by atoms with Gasteiger partial charge in [0.25, 0.3) is 5.91 Å². The van der Waals surface area contributed by atoms with E-state index in [1.54, 1.807) is 16.2 Å². The molecule has 1 aliphatic rings. The van der Waals surface area contributed by atoms with Crippen LogP contribution in [-0.2, 0) is 17.9 Å². The minimum absolute atomic E-state index is 0.0201. The maximum atomic E-state index is 13.5. The van der Waals surface area contributed by atoms with Crippen molar-refractivity contribution >= 4 is 33.9 Å². The molecule has 5 heteroatoms. The molecule has 1 aliphatic carbocycles. The summed E-state index contributed by atoms with van der Waals surface area (Å²) in [5, 5.41) is 4.17. The molecule has 5 rings (SSSR count). The van der Waals surface area contributed by atoms with Crippen molar-refractivity contribution in [1.82, 2.24) is 9.80 Å².